The second kappa shape index (κ2) is 4.38. The molecule has 85 valence electrons. The summed E-state index contributed by atoms with van der Waals surface area (Å²) in [6.45, 7) is 0. The highest BCUT2D eigenvalue weighted by Gasteiger charge is 2.35. The van der Waals surface area contributed by atoms with Gasteiger partial charge in [-0.3, -0.25) is 0 Å². The SMILES string of the molecule is Brc1ccc(OC2CC3CCC(C2)[N]3)cc1. The van der Waals surface area contributed by atoms with Crippen LogP contribution in [0.15, 0.2) is 28.7 Å². The van der Waals surface area contributed by atoms with Crippen LogP contribution in [0.3, 0.4) is 0 Å². The molecule has 0 N–H and O–H groups in total. The molecular weight excluding hydrogens is 266 g/mol. The molecule has 0 aliphatic carbocycles. The van der Waals surface area contributed by atoms with Gasteiger partial charge in [0.05, 0.1) is 0 Å². The van der Waals surface area contributed by atoms with Gasteiger partial charge in [0.15, 0.2) is 0 Å². The number of nitrogens with zero attached hydrogens (tertiary/aromatic N) is 1. The molecule has 2 bridgehead atoms. The fourth-order valence-corrected chi connectivity index (χ4v) is 2.96. The van der Waals surface area contributed by atoms with Gasteiger partial charge in [-0.25, -0.2) is 5.32 Å². The standard InChI is InChI=1S/C13H15BrNO/c14-9-1-5-12(6-2-9)16-13-7-10-3-4-11(8-13)15-10/h1-2,5-6,10-11,13H,3-4,7-8H2. The van der Waals surface area contributed by atoms with Gasteiger partial charge in [-0.1, -0.05) is 15.9 Å². The number of hydrogen-bond donors (Lipinski definition) is 0. The van der Waals surface area contributed by atoms with E-state index in [4.69, 9.17) is 10.1 Å². The molecule has 1 aromatic carbocycles. The number of benzene rings is 1. The van der Waals surface area contributed by atoms with Gasteiger partial charge in [0.2, 0.25) is 0 Å². The minimum atomic E-state index is 0.371. The minimum absolute atomic E-state index is 0.371. The molecular formula is C13H15BrNO. The highest BCUT2D eigenvalue weighted by Crippen LogP contribution is 2.31. The molecule has 2 atom stereocenters. The molecule has 2 nitrogen and oxygen atoms in total. The van der Waals surface area contributed by atoms with Crippen molar-refractivity contribution in [2.45, 2.75) is 43.9 Å². The fourth-order valence-electron chi connectivity index (χ4n) is 2.69. The van der Waals surface area contributed by atoms with E-state index in [1.165, 1.54) is 12.8 Å². The van der Waals surface area contributed by atoms with E-state index in [9.17, 15) is 0 Å². The van der Waals surface area contributed by atoms with E-state index in [1.54, 1.807) is 0 Å². The molecule has 1 radical (unpaired) electrons. The topological polar surface area (TPSA) is 23.3 Å². The Bertz CT molecular complexity index is 353. The van der Waals surface area contributed by atoms with Crippen LogP contribution in [-0.4, -0.2) is 18.2 Å². The van der Waals surface area contributed by atoms with E-state index >= 15 is 0 Å². The van der Waals surface area contributed by atoms with E-state index in [0.717, 1.165) is 23.1 Å². The zero-order chi connectivity index (χ0) is 11.0. The van der Waals surface area contributed by atoms with Crippen LogP contribution in [0.25, 0.3) is 0 Å². The van der Waals surface area contributed by atoms with Crippen molar-refractivity contribution in [1.29, 1.82) is 0 Å². The quantitative estimate of drug-likeness (QED) is 0.817. The first kappa shape index (κ1) is 10.6. The predicted octanol–water partition coefficient (Wildman–Crippen LogP) is 3.13. The number of halogens is 1. The van der Waals surface area contributed by atoms with Crippen LogP contribution in [0.1, 0.15) is 25.7 Å². The molecule has 2 fully saturated rings. The lowest BCUT2D eigenvalue weighted by molar-refractivity contribution is 0.135. The van der Waals surface area contributed by atoms with Gasteiger partial charge in [-0.15, -0.1) is 0 Å². The molecule has 2 aliphatic heterocycles. The Morgan fingerprint density at radius 3 is 2.31 bits per heavy atom. The Morgan fingerprint density at radius 2 is 1.69 bits per heavy atom. The summed E-state index contributed by atoms with van der Waals surface area (Å²) in [6.07, 6.45) is 5.12. The molecule has 0 aromatic heterocycles. The smallest absolute Gasteiger partial charge is 0.119 e. The Balaban J connectivity index is 1.64. The Kier molecular flexibility index (Phi) is 2.90. The summed E-state index contributed by atoms with van der Waals surface area (Å²) < 4.78 is 7.11. The minimum Gasteiger partial charge on any atom is -0.490 e. The lowest BCUT2D eigenvalue weighted by Crippen LogP contribution is -2.38. The Hall–Kier alpha value is -0.540. The molecule has 2 aliphatic rings. The van der Waals surface area contributed by atoms with E-state index < -0.39 is 0 Å². The molecule has 3 rings (SSSR count). The van der Waals surface area contributed by atoms with E-state index in [-0.39, 0.29) is 0 Å². The summed E-state index contributed by atoms with van der Waals surface area (Å²) >= 11 is 3.43. The van der Waals surface area contributed by atoms with Crippen LogP contribution in [-0.2, 0) is 0 Å². The summed E-state index contributed by atoms with van der Waals surface area (Å²) in [5.74, 6) is 0.981. The van der Waals surface area contributed by atoms with Crippen LogP contribution in [0, 0.1) is 0 Å². The predicted molar refractivity (Wildman–Crippen MR) is 66.7 cm³/mol. The molecule has 16 heavy (non-hydrogen) atoms. The molecule has 3 heteroatoms. The molecule has 2 saturated heterocycles. The first-order chi connectivity index (χ1) is 7.79. The third kappa shape index (κ3) is 2.25. The van der Waals surface area contributed by atoms with Crippen molar-refractivity contribution in [3.05, 3.63) is 28.7 Å². The zero-order valence-corrected chi connectivity index (χ0v) is 10.7. The number of piperidine rings is 1. The van der Waals surface area contributed by atoms with Gasteiger partial charge in [0, 0.05) is 29.4 Å². The second-order valence-electron chi connectivity index (χ2n) is 4.70. The number of rotatable bonds is 2. The lowest BCUT2D eigenvalue weighted by Gasteiger charge is -2.28. The molecule has 0 saturated carbocycles. The Labute approximate surface area is 105 Å². The Morgan fingerprint density at radius 1 is 1.06 bits per heavy atom. The third-order valence-electron chi connectivity index (χ3n) is 3.44. The van der Waals surface area contributed by atoms with Crippen molar-refractivity contribution in [2.75, 3.05) is 0 Å². The van der Waals surface area contributed by atoms with Crippen LogP contribution >= 0.6 is 15.9 Å². The van der Waals surface area contributed by atoms with E-state index in [2.05, 4.69) is 15.9 Å². The van der Waals surface area contributed by atoms with Gasteiger partial charge < -0.3 is 4.74 Å². The molecule has 0 spiro atoms. The molecule has 2 unspecified atom stereocenters. The summed E-state index contributed by atoms with van der Waals surface area (Å²) in [7, 11) is 0. The van der Waals surface area contributed by atoms with Gasteiger partial charge in [0.1, 0.15) is 11.9 Å². The zero-order valence-electron chi connectivity index (χ0n) is 9.10. The average Bonchev–Trinajstić information content (AvgIpc) is 2.62. The van der Waals surface area contributed by atoms with E-state index in [0.29, 0.717) is 18.2 Å². The van der Waals surface area contributed by atoms with Crippen molar-refractivity contribution in [1.82, 2.24) is 5.32 Å². The monoisotopic (exact) mass is 280 g/mol. The van der Waals surface area contributed by atoms with Gasteiger partial charge in [0.25, 0.3) is 0 Å². The van der Waals surface area contributed by atoms with Crippen LogP contribution in [0.4, 0.5) is 0 Å². The number of fused-ring (bicyclic) bond motifs is 2. The highest BCUT2D eigenvalue weighted by atomic mass is 79.9. The molecule has 2 heterocycles. The van der Waals surface area contributed by atoms with Crippen molar-refractivity contribution < 1.29 is 4.74 Å². The molecule has 0 amide bonds. The average molecular weight is 281 g/mol. The maximum absolute atomic E-state index is 6.01. The van der Waals surface area contributed by atoms with Crippen molar-refractivity contribution in [3.63, 3.8) is 0 Å². The van der Waals surface area contributed by atoms with Crippen molar-refractivity contribution in [2.24, 2.45) is 0 Å². The molecule has 1 aromatic rings. The normalized spacial score (nSPS) is 32.7. The fraction of sp³-hybridized carbons (Fsp3) is 0.538. The summed E-state index contributed by atoms with van der Waals surface area (Å²) in [4.78, 5) is 0. The number of ether oxygens (including phenoxy) is 1. The summed E-state index contributed by atoms with van der Waals surface area (Å²) in [6, 6.07) is 9.24. The number of hydrogen-bond acceptors (Lipinski definition) is 1. The first-order valence-electron chi connectivity index (χ1n) is 5.92. The van der Waals surface area contributed by atoms with Crippen molar-refractivity contribution in [3.8, 4) is 5.75 Å². The summed E-state index contributed by atoms with van der Waals surface area (Å²) in [5, 5.41) is 4.71. The second-order valence-corrected chi connectivity index (χ2v) is 5.61. The van der Waals surface area contributed by atoms with Gasteiger partial charge in [-0.05, 0) is 37.1 Å². The van der Waals surface area contributed by atoms with Gasteiger partial charge in [-0.2, -0.15) is 0 Å². The van der Waals surface area contributed by atoms with E-state index in [1.807, 2.05) is 24.3 Å². The summed E-state index contributed by atoms with van der Waals surface area (Å²) in [5.41, 5.74) is 0. The third-order valence-corrected chi connectivity index (χ3v) is 3.97. The maximum atomic E-state index is 6.01. The maximum Gasteiger partial charge on any atom is 0.119 e. The first-order valence-corrected chi connectivity index (χ1v) is 6.71. The largest absolute Gasteiger partial charge is 0.490 e. The van der Waals surface area contributed by atoms with Crippen molar-refractivity contribution >= 4 is 15.9 Å². The highest BCUT2D eigenvalue weighted by molar-refractivity contribution is 9.10. The van der Waals surface area contributed by atoms with Gasteiger partial charge >= 0.3 is 0 Å². The van der Waals surface area contributed by atoms with Crippen LogP contribution in [0.2, 0.25) is 0 Å². The van der Waals surface area contributed by atoms with Crippen LogP contribution in [0.5, 0.6) is 5.75 Å². The van der Waals surface area contributed by atoms with Crippen LogP contribution < -0.4 is 10.1 Å². The lowest BCUT2D eigenvalue weighted by atomic mass is 10.0.